The van der Waals surface area contributed by atoms with E-state index in [0.717, 1.165) is 33.8 Å². The normalized spacial score (nSPS) is 11.1. The number of carbonyl (C=O) groups excluding carboxylic acids is 1. The van der Waals surface area contributed by atoms with Gasteiger partial charge in [-0.15, -0.1) is 5.10 Å². The van der Waals surface area contributed by atoms with Crippen LogP contribution in [0.1, 0.15) is 33.6 Å². The number of ether oxygens (including phenoxy) is 2. The molecule has 0 aliphatic rings. The van der Waals surface area contributed by atoms with E-state index in [0.29, 0.717) is 48.2 Å². The summed E-state index contributed by atoms with van der Waals surface area (Å²) in [5, 5.41) is 7.61. The number of fused-ring (bicyclic) bond motifs is 1. The lowest BCUT2D eigenvalue weighted by Crippen LogP contribution is -2.32. The summed E-state index contributed by atoms with van der Waals surface area (Å²) in [7, 11) is 3.28. The molecule has 4 aromatic rings. The highest BCUT2D eigenvalue weighted by Crippen LogP contribution is 2.34. The molecule has 0 spiro atoms. The molecule has 10 nitrogen and oxygen atoms in total. The number of hydrogen-bond donors (Lipinski definition) is 1. The number of rotatable bonds is 12. The third-order valence-corrected chi connectivity index (χ3v) is 5.88. The average molecular weight is 519 g/mol. The molecular weight excluding hydrogens is 484 g/mol. The first-order chi connectivity index (χ1) is 18.4. The van der Waals surface area contributed by atoms with Gasteiger partial charge in [-0.3, -0.25) is 4.98 Å². The van der Waals surface area contributed by atoms with Crippen LogP contribution in [0.5, 0.6) is 11.5 Å². The summed E-state index contributed by atoms with van der Waals surface area (Å²) in [6.45, 7) is 7.65. The van der Waals surface area contributed by atoms with Crippen LogP contribution < -0.4 is 24.5 Å². The minimum Gasteiger partial charge on any atom is -0.497 e. The second kappa shape index (κ2) is 12.4. The molecule has 0 aliphatic carbocycles. The molecule has 0 unspecified atom stereocenters. The fourth-order valence-corrected chi connectivity index (χ4v) is 3.97. The van der Waals surface area contributed by atoms with Crippen LogP contribution >= 0.6 is 0 Å². The Morgan fingerprint density at radius 2 is 1.79 bits per heavy atom. The Balaban J connectivity index is 1.68. The van der Waals surface area contributed by atoms with E-state index in [1.807, 2.05) is 43.3 Å². The summed E-state index contributed by atoms with van der Waals surface area (Å²) in [4.78, 5) is 29.8. The number of methoxy groups -OCH3 is 2. The Bertz CT molecular complexity index is 1360. The summed E-state index contributed by atoms with van der Waals surface area (Å²) >= 11 is 0. The van der Waals surface area contributed by atoms with Gasteiger partial charge in [-0.05, 0) is 24.6 Å². The number of nitrogens with zero attached hydrogens (tertiary/aromatic N) is 5. The molecular formula is C28H34N6O4. The summed E-state index contributed by atoms with van der Waals surface area (Å²) in [6, 6.07) is 12.2. The van der Waals surface area contributed by atoms with Gasteiger partial charge in [0.25, 0.3) is 0 Å². The van der Waals surface area contributed by atoms with Crippen molar-refractivity contribution in [3.63, 3.8) is 0 Å². The molecule has 0 bridgehead atoms. The highest BCUT2D eigenvalue weighted by Gasteiger charge is 2.15. The van der Waals surface area contributed by atoms with Crippen molar-refractivity contribution < 1.29 is 19.1 Å². The van der Waals surface area contributed by atoms with Crippen LogP contribution in [-0.4, -0.2) is 59.2 Å². The van der Waals surface area contributed by atoms with Crippen molar-refractivity contribution in [2.45, 2.75) is 39.7 Å². The fourth-order valence-electron chi connectivity index (χ4n) is 3.97. The van der Waals surface area contributed by atoms with E-state index in [4.69, 9.17) is 19.3 Å². The molecule has 0 saturated heterocycles. The van der Waals surface area contributed by atoms with Gasteiger partial charge in [0.05, 0.1) is 49.5 Å². The molecule has 200 valence electrons. The molecule has 2 heterocycles. The quantitative estimate of drug-likeness (QED) is 0.292. The molecule has 0 amide bonds. The van der Waals surface area contributed by atoms with Crippen molar-refractivity contribution in [3.05, 3.63) is 55.0 Å². The number of benzene rings is 2. The first-order valence-electron chi connectivity index (χ1n) is 12.7. The van der Waals surface area contributed by atoms with Gasteiger partial charge in [0.15, 0.2) is 0 Å². The van der Waals surface area contributed by atoms with Gasteiger partial charge in [-0.1, -0.05) is 25.6 Å². The summed E-state index contributed by atoms with van der Waals surface area (Å²) < 4.78 is 11.0. The lowest BCUT2D eigenvalue weighted by Gasteiger charge is -2.27. The molecule has 0 saturated carbocycles. The third kappa shape index (κ3) is 6.57. The van der Waals surface area contributed by atoms with E-state index >= 15 is 0 Å². The maximum Gasteiger partial charge on any atom is 0.334 e. The standard InChI is InChI=1S/C28H34N6O4/c1-6-7-28(35)38-34-18-20(16-31-34)27-17-30-25-9-8-21(14-26(25)32-27)33(11-10-29-19(2)3)22-12-23(36-4)15-24(13-22)37-5/h8-9,12-19,29H,6-7,10-11H2,1-5H3. The molecule has 38 heavy (non-hydrogen) atoms. The Kier molecular flexibility index (Phi) is 8.75. The minimum atomic E-state index is -0.336. The molecule has 0 aliphatic heterocycles. The average Bonchev–Trinajstić information content (AvgIpc) is 3.38. The van der Waals surface area contributed by atoms with Gasteiger partial charge in [-0.25, -0.2) is 9.78 Å². The maximum absolute atomic E-state index is 11.8. The summed E-state index contributed by atoms with van der Waals surface area (Å²) in [5.74, 6) is 1.08. The van der Waals surface area contributed by atoms with Gasteiger partial charge >= 0.3 is 5.97 Å². The predicted molar refractivity (Wildman–Crippen MR) is 147 cm³/mol. The van der Waals surface area contributed by atoms with Crippen molar-refractivity contribution in [2.75, 3.05) is 32.2 Å². The molecule has 0 atom stereocenters. The molecule has 10 heteroatoms. The van der Waals surface area contributed by atoms with Gasteiger partial charge in [0, 0.05) is 60.7 Å². The first-order valence-corrected chi connectivity index (χ1v) is 12.7. The van der Waals surface area contributed by atoms with Crippen molar-refractivity contribution in [3.8, 4) is 22.8 Å². The zero-order valence-electron chi connectivity index (χ0n) is 22.5. The van der Waals surface area contributed by atoms with Crippen molar-refractivity contribution in [2.24, 2.45) is 0 Å². The van der Waals surface area contributed by atoms with Crippen molar-refractivity contribution in [1.29, 1.82) is 0 Å². The van der Waals surface area contributed by atoms with E-state index in [2.05, 4.69) is 34.1 Å². The van der Waals surface area contributed by atoms with Gasteiger partial charge in [-0.2, -0.15) is 0 Å². The van der Waals surface area contributed by atoms with Crippen molar-refractivity contribution in [1.82, 2.24) is 25.2 Å². The molecule has 2 aromatic heterocycles. The van der Waals surface area contributed by atoms with E-state index in [1.54, 1.807) is 32.8 Å². The van der Waals surface area contributed by atoms with E-state index in [9.17, 15) is 4.79 Å². The predicted octanol–water partition coefficient (Wildman–Crippen LogP) is 4.40. The van der Waals surface area contributed by atoms with Crippen LogP contribution in [0.2, 0.25) is 0 Å². The lowest BCUT2D eigenvalue weighted by molar-refractivity contribution is -0.145. The lowest BCUT2D eigenvalue weighted by atomic mass is 10.2. The maximum atomic E-state index is 11.8. The SMILES string of the molecule is CCCC(=O)On1cc(-c2cnc3ccc(N(CCNC(C)C)c4cc(OC)cc(OC)c4)cc3n2)cn1. The smallest absolute Gasteiger partial charge is 0.334 e. The van der Waals surface area contributed by atoms with Crippen LogP contribution in [0.25, 0.3) is 22.3 Å². The number of aromatic nitrogens is 4. The first kappa shape index (κ1) is 26.9. The van der Waals surface area contributed by atoms with E-state index < -0.39 is 0 Å². The molecule has 0 fully saturated rings. The van der Waals surface area contributed by atoms with Gasteiger partial charge < -0.3 is 24.5 Å². The zero-order valence-corrected chi connectivity index (χ0v) is 22.5. The Labute approximate surface area is 222 Å². The Morgan fingerprint density at radius 3 is 2.47 bits per heavy atom. The molecule has 4 rings (SSSR count). The number of carbonyl (C=O) groups is 1. The topological polar surface area (TPSA) is 104 Å². The van der Waals surface area contributed by atoms with Crippen LogP contribution in [0.3, 0.4) is 0 Å². The summed E-state index contributed by atoms with van der Waals surface area (Å²) in [5.41, 5.74) is 4.71. The van der Waals surface area contributed by atoms with Crippen LogP contribution in [0.4, 0.5) is 11.4 Å². The second-order valence-electron chi connectivity index (χ2n) is 9.10. The van der Waals surface area contributed by atoms with Gasteiger partial charge in [0.2, 0.25) is 0 Å². The Hall–Kier alpha value is -4.18. The van der Waals surface area contributed by atoms with Gasteiger partial charge in [0.1, 0.15) is 11.5 Å². The number of anilines is 2. The monoisotopic (exact) mass is 518 g/mol. The zero-order chi connectivity index (χ0) is 27.1. The highest BCUT2D eigenvalue weighted by atomic mass is 16.7. The Morgan fingerprint density at radius 1 is 1.03 bits per heavy atom. The number of hydrogen-bond acceptors (Lipinski definition) is 9. The van der Waals surface area contributed by atoms with Crippen LogP contribution in [0.15, 0.2) is 55.0 Å². The third-order valence-electron chi connectivity index (χ3n) is 5.88. The van der Waals surface area contributed by atoms with Crippen molar-refractivity contribution >= 4 is 28.4 Å². The highest BCUT2D eigenvalue weighted by molar-refractivity contribution is 5.82. The largest absolute Gasteiger partial charge is 0.497 e. The van der Waals surface area contributed by atoms with Crippen LogP contribution in [0, 0.1) is 0 Å². The number of nitrogens with one attached hydrogen (secondary N) is 1. The van der Waals surface area contributed by atoms with E-state index in [-0.39, 0.29) is 5.97 Å². The van der Waals surface area contributed by atoms with E-state index in [1.165, 1.54) is 0 Å². The summed E-state index contributed by atoms with van der Waals surface area (Å²) in [6.07, 6.45) is 5.95. The molecule has 1 N–H and O–H groups in total. The molecule has 0 radical (unpaired) electrons. The molecule has 2 aromatic carbocycles. The minimum absolute atomic E-state index is 0.329. The van der Waals surface area contributed by atoms with Crippen LogP contribution in [-0.2, 0) is 4.79 Å². The second-order valence-corrected chi connectivity index (χ2v) is 9.10. The fraction of sp³-hybridized carbons (Fsp3) is 0.357.